The fraction of sp³-hybridized carbons (Fsp3) is 0.269. The molecular formula is C26H28N2O. The molecule has 3 nitrogen and oxygen atoms in total. The summed E-state index contributed by atoms with van der Waals surface area (Å²) >= 11 is 0. The normalized spacial score (nSPS) is 21.4. The number of likely N-dealkylation sites (tertiary alicyclic amines) is 1. The van der Waals surface area contributed by atoms with Gasteiger partial charge in [-0.15, -0.1) is 0 Å². The number of hydrogen-bond acceptors (Lipinski definition) is 2. The van der Waals surface area contributed by atoms with Gasteiger partial charge in [0.15, 0.2) is 0 Å². The Kier molecular flexibility index (Phi) is 6.06. The molecule has 1 aliphatic heterocycles. The molecule has 29 heavy (non-hydrogen) atoms. The van der Waals surface area contributed by atoms with Crippen LogP contribution in [-0.2, 0) is 6.42 Å². The standard InChI is InChI=1S/C26H28N2O/c1-28-25(27-23(19-29)17-20-11-5-2-6-12-20)18-24(21-13-7-3-8-14-21)26(28)22-15-9-4-10-16-22/h2-16,23-24,26,29H,17-19H2,1H3/b27-25-/t23-,24-,26-/m0/s1. The van der Waals surface area contributed by atoms with Gasteiger partial charge in [0.1, 0.15) is 5.84 Å². The van der Waals surface area contributed by atoms with Gasteiger partial charge in [0.25, 0.3) is 0 Å². The van der Waals surface area contributed by atoms with E-state index >= 15 is 0 Å². The topological polar surface area (TPSA) is 35.8 Å². The van der Waals surface area contributed by atoms with Crippen molar-refractivity contribution in [2.24, 2.45) is 4.99 Å². The molecule has 1 N–H and O–H groups in total. The monoisotopic (exact) mass is 384 g/mol. The van der Waals surface area contributed by atoms with Gasteiger partial charge in [-0.1, -0.05) is 91.0 Å². The van der Waals surface area contributed by atoms with Crippen LogP contribution in [-0.4, -0.2) is 35.5 Å². The summed E-state index contributed by atoms with van der Waals surface area (Å²) in [6.07, 6.45) is 1.63. The maximum absolute atomic E-state index is 9.97. The summed E-state index contributed by atoms with van der Waals surface area (Å²) in [7, 11) is 2.14. The first-order chi connectivity index (χ1) is 14.3. The Morgan fingerprint density at radius 2 is 1.41 bits per heavy atom. The highest BCUT2D eigenvalue weighted by Crippen LogP contribution is 2.44. The molecule has 3 aromatic rings. The average molecular weight is 385 g/mol. The molecule has 0 aromatic heterocycles. The molecule has 1 aliphatic rings. The predicted molar refractivity (Wildman–Crippen MR) is 119 cm³/mol. The maximum Gasteiger partial charge on any atom is 0.100 e. The lowest BCUT2D eigenvalue weighted by molar-refractivity contribution is 0.264. The third-order valence-electron chi connectivity index (χ3n) is 5.83. The van der Waals surface area contributed by atoms with E-state index in [2.05, 4.69) is 84.7 Å². The molecule has 148 valence electrons. The highest BCUT2D eigenvalue weighted by molar-refractivity contribution is 5.86. The first-order valence-corrected chi connectivity index (χ1v) is 10.3. The van der Waals surface area contributed by atoms with Crippen LogP contribution in [0.1, 0.15) is 35.1 Å². The molecule has 3 heteroatoms. The molecule has 0 aliphatic carbocycles. The van der Waals surface area contributed by atoms with Gasteiger partial charge in [0.05, 0.1) is 18.7 Å². The van der Waals surface area contributed by atoms with E-state index in [9.17, 15) is 5.11 Å². The lowest BCUT2D eigenvalue weighted by atomic mass is 9.87. The number of aliphatic hydroxyl groups excluding tert-OH is 1. The van der Waals surface area contributed by atoms with Gasteiger partial charge in [-0.3, -0.25) is 4.99 Å². The van der Waals surface area contributed by atoms with Crippen LogP contribution in [0.15, 0.2) is 96.0 Å². The zero-order valence-electron chi connectivity index (χ0n) is 16.9. The summed E-state index contributed by atoms with van der Waals surface area (Å²) in [5.74, 6) is 1.42. The quantitative estimate of drug-likeness (QED) is 0.659. The van der Waals surface area contributed by atoms with E-state index in [1.165, 1.54) is 16.7 Å². The van der Waals surface area contributed by atoms with E-state index in [-0.39, 0.29) is 18.7 Å². The van der Waals surface area contributed by atoms with E-state index in [1.54, 1.807) is 0 Å². The first-order valence-electron chi connectivity index (χ1n) is 10.3. The SMILES string of the molecule is CN1/C(=N\[C@H](CO)Cc2ccccc2)C[C@@H](c2ccccc2)[C@@H]1c1ccccc1. The van der Waals surface area contributed by atoms with E-state index in [0.717, 1.165) is 18.7 Å². The van der Waals surface area contributed by atoms with Crippen molar-refractivity contribution in [1.29, 1.82) is 0 Å². The molecule has 0 spiro atoms. The zero-order valence-corrected chi connectivity index (χ0v) is 16.9. The van der Waals surface area contributed by atoms with Crippen molar-refractivity contribution in [1.82, 2.24) is 4.90 Å². The van der Waals surface area contributed by atoms with E-state index in [4.69, 9.17) is 4.99 Å². The molecule has 3 atom stereocenters. The molecule has 0 radical (unpaired) electrons. The van der Waals surface area contributed by atoms with E-state index in [0.29, 0.717) is 5.92 Å². The summed E-state index contributed by atoms with van der Waals surface area (Å²) in [6.45, 7) is 0.0538. The van der Waals surface area contributed by atoms with Crippen LogP contribution in [0.2, 0.25) is 0 Å². The molecule has 0 saturated carbocycles. The van der Waals surface area contributed by atoms with Gasteiger partial charge in [-0.2, -0.15) is 0 Å². The maximum atomic E-state index is 9.97. The fourth-order valence-corrected chi connectivity index (χ4v) is 4.38. The fourth-order valence-electron chi connectivity index (χ4n) is 4.38. The lowest BCUT2D eigenvalue weighted by Gasteiger charge is -2.27. The molecular weight excluding hydrogens is 356 g/mol. The third kappa shape index (κ3) is 4.41. The molecule has 0 amide bonds. The van der Waals surface area contributed by atoms with Crippen molar-refractivity contribution in [3.8, 4) is 0 Å². The minimum Gasteiger partial charge on any atom is -0.394 e. The number of nitrogens with zero attached hydrogens (tertiary/aromatic N) is 2. The van der Waals surface area contributed by atoms with Crippen LogP contribution < -0.4 is 0 Å². The molecule has 1 fully saturated rings. The second-order valence-electron chi connectivity index (χ2n) is 7.76. The molecule has 0 bridgehead atoms. The summed E-state index contributed by atoms with van der Waals surface area (Å²) in [5, 5.41) is 9.97. The minimum atomic E-state index is -0.124. The summed E-state index contributed by atoms with van der Waals surface area (Å²) in [6, 6.07) is 31.8. The molecule has 1 saturated heterocycles. The number of hydrogen-bond donors (Lipinski definition) is 1. The van der Waals surface area contributed by atoms with Crippen molar-refractivity contribution in [2.45, 2.75) is 30.8 Å². The smallest absolute Gasteiger partial charge is 0.100 e. The number of likely N-dealkylation sites (N-methyl/N-ethyl adjacent to an activating group) is 1. The number of aliphatic imine (C=N–C) groups is 1. The summed E-state index contributed by atoms with van der Waals surface area (Å²) in [4.78, 5) is 7.32. The zero-order chi connectivity index (χ0) is 20.1. The highest BCUT2D eigenvalue weighted by atomic mass is 16.3. The summed E-state index contributed by atoms with van der Waals surface area (Å²) < 4.78 is 0. The minimum absolute atomic E-state index is 0.0538. The Morgan fingerprint density at radius 3 is 2.00 bits per heavy atom. The molecule has 1 heterocycles. The van der Waals surface area contributed by atoms with E-state index < -0.39 is 0 Å². The Morgan fingerprint density at radius 1 is 0.862 bits per heavy atom. The first kappa shape index (κ1) is 19.4. The van der Waals surface area contributed by atoms with Crippen LogP contribution in [0.3, 0.4) is 0 Å². The van der Waals surface area contributed by atoms with Crippen molar-refractivity contribution in [3.63, 3.8) is 0 Å². The number of aliphatic hydroxyl groups is 1. The second kappa shape index (κ2) is 9.06. The Balaban J connectivity index is 1.65. The van der Waals surface area contributed by atoms with Crippen LogP contribution in [0.25, 0.3) is 0 Å². The second-order valence-corrected chi connectivity index (χ2v) is 7.76. The molecule has 3 aromatic carbocycles. The Hall–Kier alpha value is -2.91. The number of rotatable bonds is 6. The Bertz CT molecular complexity index is 925. The highest BCUT2D eigenvalue weighted by Gasteiger charge is 2.38. The van der Waals surface area contributed by atoms with Gasteiger partial charge >= 0.3 is 0 Å². The Labute approximate surface area is 173 Å². The van der Waals surface area contributed by atoms with Gasteiger partial charge in [0, 0.05) is 19.4 Å². The van der Waals surface area contributed by atoms with Crippen LogP contribution >= 0.6 is 0 Å². The summed E-state index contributed by atoms with van der Waals surface area (Å²) in [5.41, 5.74) is 3.84. The van der Waals surface area contributed by atoms with E-state index in [1.807, 2.05) is 18.2 Å². The van der Waals surface area contributed by atoms with Crippen molar-refractivity contribution >= 4 is 5.84 Å². The van der Waals surface area contributed by atoms with Gasteiger partial charge in [-0.25, -0.2) is 0 Å². The number of benzene rings is 3. The largest absolute Gasteiger partial charge is 0.394 e. The van der Waals surface area contributed by atoms with Crippen molar-refractivity contribution in [3.05, 3.63) is 108 Å². The van der Waals surface area contributed by atoms with Gasteiger partial charge in [0.2, 0.25) is 0 Å². The lowest BCUT2D eigenvalue weighted by Crippen LogP contribution is -2.27. The number of amidine groups is 1. The van der Waals surface area contributed by atoms with Gasteiger partial charge < -0.3 is 10.0 Å². The van der Waals surface area contributed by atoms with Crippen molar-refractivity contribution in [2.75, 3.05) is 13.7 Å². The molecule has 0 unspecified atom stereocenters. The van der Waals surface area contributed by atoms with Crippen LogP contribution in [0, 0.1) is 0 Å². The average Bonchev–Trinajstić information content (AvgIpc) is 3.11. The van der Waals surface area contributed by atoms with Crippen molar-refractivity contribution < 1.29 is 5.11 Å². The molecule has 4 rings (SSSR count). The van der Waals surface area contributed by atoms with Crippen LogP contribution in [0.5, 0.6) is 0 Å². The van der Waals surface area contributed by atoms with Crippen LogP contribution in [0.4, 0.5) is 0 Å². The third-order valence-corrected chi connectivity index (χ3v) is 5.83. The predicted octanol–water partition coefficient (Wildman–Crippen LogP) is 4.85. The van der Waals surface area contributed by atoms with Gasteiger partial charge in [-0.05, 0) is 23.1 Å².